The van der Waals surface area contributed by atoms with Crippen molar-refractivity contribution in [3.05, 3.63) is 48.2 Å². The van der Waals surface area contributed by atoms with E-state index in [0.717, 1.165) is 36.8 Å². The quantitative estimate of drug-likeness (QED) is 0.258. The van der Waals surface area contributed by atoms with Gasteiger partial charge in [0.1, 0.15) is 12.3 Å². The van der Waals surface area contributed by atoms with Crippen LogP contribution in [0.1, 0.15) is 37.8 Å². The maximum absolute atomic E-state index is 13.5. The molecule has 4 rings (SSSR count). The highest BCUT2D eigenvalue weighted by molar-refractivity contribution is 8.26. The first kappa shape index (κ1) is 27.0. The van der Waals surface area contributed by atoms with Gasteiger partial charge >= 0.3 is 6.18 Å². The van der Waals surface area contributed by atoms with E-state index in [4.69, 9.17) is 9.88 Å². The van der Waals surface area contributed by atoms with Crippen LogP contribution in [0.25, 0.3) is 10.9 Å². The maximum atomic E-state index is 13.5. The number of nitrogens with two attached hydrogens (primary N) is 1. The second-order valence-electron chi connectivity index (χ2n) is 9.40. The summed E-state index contributed by atoms with van der Waals surface area (Å²) in [6.45, 7) is -0.931. The van der Waals surface area contributed by atoms with Crippen molar-refractivity contribution in [3.8, 4) is 17.6 Å². The third-order valence-electron chi connectivity index (χ3n) is 6.48. The van der Waals surface area contributed by atoms with Crippen LogP contribution in [0.15, 0.2) is 47.4 Å². The molecule has 1 aliphatic carbocycles. The highest BCUT2D eigenvalue weighted by Crippen LogP contribution is 2.43. The number of methoxy groups -OCH3 is 1. The topological polar surface area (TPSA) is 84.5 Å². The summed E-state index contributed by atoms with van der Waals surface area (Å²) in [5.41, 5.74) is 2.29. The molecule has 1 heterocycles. The average molecular weight is 535 g/mol. The van der Waals surface area contributed by atoms with Crippen LogP contribution in [0.5, 0.6) is 5.75 Å². The van der Waals surface area contributed by atoms with Crippen LogP contribution >= 0.6 is 10.5 Å². The van der Waals surface area contributed by atoms with E-state index in [1.54, 1.807) is 42.7 Å². The number of halogens is 3. The Labute approximate surface area is 217 Å². The number of fused-ring (bicyclic) bond motifs is 1. The average Bonchev–Trinajstić information content (AvgIpc) is 3.18. The highest BCUT2D eigenvalue weighted by Gasteiger charge is 2.30. The van der Waals surface area contributed by atoms with Crippen molar-refractivity contribution >= 4 is 32.8 Å². The van der Waals surface area contributed by atoms with E-state index in [2.05, 4.69) is 22.5 Å². The molecule has 200 valence electrons. The highest BCUT2D eigenvalue weighted by atomic mass is 32.3. The molecule has 6 nitrogen and oxygen atoms in total. The molecule has 10 heteroatoms. The van der Waals surface area contributed by atoms with Gasteiger partial charge in [0.15, 0.2) is 0 Å². The molecule has 0 saturated heterocycles. The maximum Gasteiger partial charge on any atom is 0.406 e. The summed E-state index contributed by atoms with van der Waals surface area (Å²) in [4.78, 5) is 0.565. The monoisotopic (exact) mass is 534 g/mol. The van der Waals surface area contributed by atoms with E-state index in [9.17, 15) is 17.7 Å². The SMILES string of the molecule is COc1cc(S(C)(N)O)ccc1NCC#Cc1cc2c(NC3CCCCC3)cccc2n1CC(F)(F)F. The lowest BCUT2D eigenvalue weighted by molar-refractivity contribution is -0.140. The Balaban J connectivity index is 1.59. The van der Waals surface area contributed by atoms with Crippen molar-refractivity contribution in [2.24, 2.45) is 5.14 Å². The van der Waals surface area contributed by atoms with Crippen molar-refractivity contribution in [1.29, 1.82) is 0 Å². The predicted octanol–water partition coefficient (Wildman–Crippen LogP) is 6.56. The van der Waals surface area contributed by atoms with Gasteiger partial charge in [-0.15, -0.1) is 0 Å². The van der Waals surface area contributed by atoms with Gasteiger partial charge in [0.25, 0.3) is 0 Å². The number of hydrogen-bond donors (Lipinski definition) is 4. The first-order chi connectivity index (χ1) is 17.5. The molecule has 0 radical (unpaired) electrons. The third kappa shape index (κ3) is 6.86. The first-order valence-electron chi connectivity index (χ1n) is 12.2. The number of aromatic nitrogens is 1. The molecule has 37 heavy (non-hydrogen) atoms. The second kappa shape index (κ2) is 11.2. The zero-order chi connectivity index (χ0) is 26.6. The smallest absolute Gasteiger partial charge is 0.406 e. The normalized spacial score (nSPS) is 16.9. The second-order valence-corrected chi connectivity index (χ2v) is 11.7. The number of anilines is 2. The molecule has 3 aromatic rings. The van der Waals surface area contributed by atoms with Gasteiger partial charge in [0.2, 0.25) is 0 Å². The van der Waals surface area contributed by atoms with E-state index in [1.165, 1.54) is 18.1 Å². The lowest BCUT2D eigenvalue weighted by Gasteiger charge is -2.24. The minimum absolute atomic E-state index is 0.183. The Bertz CT molecular complexity index is 1300. The third-order valence-corrected chi connectivity index (χ3v) is 7.69. The molecule has 1 unspecified atom stereocenters. The molecule has 2 aromatic carbocycles. The molecule has 0 aliphatic heterocycles. The van der Waals surface area contributed by atoms with E-state index < -0.39 is 23.2 Å². The summed E-state index contributed by atoms with van der Waals surface area (Å²) in [6, 6.07) is 12.6. The molecule has 1 aliphatic rings. The van der Waals surface area contributed by atoms with E-state index in [-0.39, 0.29) is 6.54 Å². The van der Waals surface area contributed by atoms with Crippen molar-refractivity contribution < 1.29 is 22.5 Å². The molecular formula is C27H33F3N4O2S. The number of rotatable bonds is 7. The molecule has 1 atom stereocenters. The lowest BCUT2D eigenvalue weighted by Crippen LogP contribution is -2.22. The number of alkyl halides is 3. The summed E-state index contributed by atoms with van der Waals surface area (Å²) in [5.74, 6) is 6.35. The van der Waals surface area contributed by atoms with Crippen molar-refractivity contribution in [3.63, 3.8) is 0 Å². The van der Waals surface area contributed by atoms with Gasteiger partial charge in [-0.25, -0.2) is 0 Å². The van der Waals surface area contributed by atoms with Gasteiger partial charge in [0, 0.05) is 28.3 Å². The Morgan fingerprint density at radius 3 is 2.57 bits per heavy atom. The van der Waals surface area contributed by atoms with Crippen LogP contribution in [0.3, 0.4) is 0 Å². The van der Waals surface area contributed by atoms with Crippen molar-refractivity contribution in [1.82, 2.24) is 4.57 Å². The minimum Gasteiger partial charge on any atom is -0.495 e. The Morgan fingerprint density at radius 1 is 1.14 bits per heavy atom. The summed E-state index contributed by atoms with van der Waals surface area (Å²) in [6.07, 6.45) is 2.84. The van der Waals surface area contributed by atoms with Crippen LogP contribution in [-0.2, 0) is 6.54 Å². The Morgan fingerprint density at radius 2 is 1.89 bits per heavy atom. The van der Waals surface area contributed by atoms with E-state index >= 15 is 0 Å². The molecule has 0 bridgehead atoms. The van der Waals surface area contributed by atoms with Crippen LogP contribution in [0.2, 0.25) is 0 Å². The van der Waals surface area contributed by atoms with Crippen molar-refractivity contribution in [2.75, 3.05) is 30.5 Å². The number of hydrogen-bond acceptors (Lipinski definition) is 5. The minimum atomic E-state index is -4.38. The lowest BCUT2D eigenvalue weighted by atomic mass is 9.95. The molecule has 0 spiro atoms. The van der Waals surface area contributed by atoms with Crippen LogP contribution in [-0.4, -0.2) is 41.2 Å². The van der Waals surface area contributed by atoms with Crippen LogP contribution in [0, 0.1) is 11.8 Å². The van der Waals surface area contributed by atoms with E-state index in [0.29, 0.717) is 33.6 Å². The number of benzene rings is 2. The summed E-state index contributed by atoms with van der Waals surface area (Å²) in [7, 11) is -0.890. The van der Waals surface area contributed by atoms with Crippen LogP contribution in [0.4, 0.5) is 24.5 Å². The number of nitrogens with zero attached hydrogens (tertiary/aromatic N) is 1. The van der Waals surface area contributed by atoms with E-state index in [1.807, 2.05) is 6.07 Å². The fourth-order valence-electron chi connectivity index (χ4n) is 4.68. The summed E-state index contributed by atoms with van der Waals surface area (Å²) in [5, 5.41) is 13.2. The summed E-state index contributed by atoms with van der Waals surface area (Å²) < 4.78 is 57.1. The standard InChI is InChI=1S/C27H33F3N4O2S/c1-36-26-17-21(37(2,31)35)13-14-24(26)32-15-7-10-20-16-22-23(33-19-8-4-3-5-9-19)11-6-12-25(22)34(20)18-27(28,29)30/h6,11-14,16-17,19,32-33,35H,3-5,8-9,15,18,31H2,1-2H3. The molecule has 1 fully saturated rings. The fourth-order valence-corrected chi connectivity index (χ4v) is 5.37. The number of ether oxygens (including phenoxy) is 1. The van der Waals surface area contributed by atoms with Gasteiger partial charge < -0.3 is 24.5 Å². The molecular weight excluding hydrogens is 501 g/mol. The summed E-state index contributed by atoms with van der Waals surface area (Å²) >= 11 is 0. The number of nitrogens with one attached hydrogen (secondary N) is 2. The van der Waals surface area contributed by atoms with Crippen molar-refractivity contribution in [2.45, 2.75) is 55.8 Å². The van der Waals surface area contributed by atoms with Gasteiger partial charge in [-0.2, -0.15) is 13.2 Å². The van der Waals surface area contributed by atoms with Gasteiger partial charge in [0.05, 0.1) is 30.6 Å². The predicted molar refractivity (Wildman–Crippen MR) is 145 cm³/mol. The van der Waals surface area contributed by atoms with Gasteiger partial charge in [-0.05, 0) is 55.2 Å². The van der Waals surface area contributed by atoms with Gasteiger partial charge in [-0.3, -0.25) is 5.14 Å². The Hall–Kier alpha value is -3.00. The molecule has 1 saturated carbocycles. The van der Waals surface area contributed by atoms with Crippen LogP contribution < -0.4 is 20.5 Å². The molecule has 0 amide bonds. The Kier molecular flexibility index (Phi) is 8.17. The van der Waals surface area contributed by atoms with Gasteiger partial charge in [-0.1, -0.05) is 41.7 Å². The molecule has 1 aromatic heterocycles. The largest absolute Gasteiger partial charge is 0.495 e. The zero-order valence-electron chi connectivity index (χ0n) is 21.0. The molecule has 5 N–H and O–H groups in total. The zero-order valence-corrected chi connectivity index (χ0v) is 21.8. The first-order valence-corrected chi connectivity index (χ1v) is 14.3. The fraction of sp³-hybridized carbons (Fsp3) is 0.407.